The van der Waals surface area contributed by atoms with Crippen LogP contribution < -0.4 is 14.8 Å². The van der Waals surface area contributed by atoms with Crippen LogP contribution in [0.15, 0.2) is 53.1 Å². The topological polar surface area (TPSA) is 73.6 Å². The van der Waals surface area contributed by atoms with E-state index in [0.29, 0.717) is 41.5 Å². The fraction of sp³-hybridized carbons (Fsp3) is 0.238. The van der Waals surface area contributed by atoms with E-state index in [1.165, 1.54) is 6.07 Å². The summed E-state index contributed by atoms with van der Waals surface area (Å²) in [6.45, 7) is 0.465. The lowest BCUT2D eigenvalue weighted by Gasteiger charge is -2.10. The molecule has 1 heterocycles. The Morgan fingerprint density at radius 1 is 1.11 bits per heavy atom. The van der Waals surface area contributed by atoms with E-state index in [-0.39, 0.29) is 12.3 Å². The number of hydrogen-bond donors (Lipinski definition) is 1. The minimum atomic E-state index is -0.399. The molecule has 0 spiro atoms. The van der Waals surface area contributed by atoms with Crippen molar-refractivity contribution in [2.24, 2.45) is 0 Å². The molecule has 1 N–H and O–H groups in total. The van der Waals surface area contributed by atoms with Crippen molar-refractivity contribution in [2.45, 2.75) is 12.8 Å². The summed E-state index contributed by atoms with van der Waals surface area (Å²) in [5.41, 5.74) is 1.78. The molecule has 0 atom stereocenters. The molecule has 0 saturated carbocycles. The monoisotopic (exact) mass is 384 g/mol. The Morgan fingerprint density at radius 2 is 1.89 bits per heavy atom. The SMILES string of the molecule is COc1ccc(CCNC(=O)Cc2cc(-c3ccccc3F)on2)cc1OC. The van der Waals surface area contributed by atoms with Crippen LogP contribution in [0.3, 0.4) is 0 Å². The van der Waals surface area contributed by atoms with E-state index in [9.17, 15) is 9.18 Å². The predicted molar refractivity (Wildman–Crippen MR) is 102 cm³/mol. The lowest BCUT2D eigenvalue weighted by atomic mass is 10.1. The number of benzene rings is 2. The van der Waals surface area contributed by atoms with Crippen LogP contribution in [0.5, 0.6) is 11.5 Å². The highest BCUT2D eigenvalue weighted by Crippen LogP contribution is 2.27. The van der Waals surface area contributed by atoms with Gasteiger partial charge in [0.05, 0.1) is 31.9 Å². The molecule has 0 saturated heterocycles. The van der Waals surface area contributed by atoms with Gasteiger partial charge < -0.3 is 19.3 Å². The number of aromatic nitrogens is 1. The second kappa shape index (κ2) is 9.03. The first-order valence-electron chi connectivity index (χ1n) is 8.79. The second-order valence-electron chi connectivity index (χ2n) is 6.13. The fourth-order valence-electron chi connectivity index (χ4n) is 2.79. The Labute approximate surface area is 162 Å². The largest absolute Gasteiger partial charge is 0.493 e. The van der Waals surface area contributed by atoms with E-state index in [1.54, 1.807) is 38.5 Å². The number of nitrogens with one attached hydrogen (secondary N) is 1. The van der Waals surface area contributed by atoms with Gasteiger partial charge in [0.15, 0.2) is 17.3 Å². The first-order chi connectivity index (χ1) is 13.6. The summed E-state index contributed by atoms with van der Waals surface area (Å²) in [4.78, 5) is 12.1. The molecule has 0 radical (unpaired) electrons. The van der Waals surface area contributed by atoms with Crippen molar-refractivity contribution in [3.63, 3.8) is 0 Å². The number of ether oxygens (including phenoxy) is 2. The maximum absolute atomic E-state index is 13.8. The van der Waals surface area contributed by atoms with Gasteiger partial charge in [0.25, 0.3) is 0 Å². The van der Waals surface area contributed by atoms with Crippen LogP contribution in [0.25, 0.3) is 11.3 Å². The van der Waals surface area contributed by atoms with Gasteiger partial charge in [0, 0.05) is 12.6 Å². The van der Waals surface area contributed by atoms with Gasteiger partial charge in [-0.15, -0.1) is 0 Å². The average Bonchev–Trinajstić information content (AvgIpc) is 3.16. The first-order valence-corrected chi connectivity index (χ1v) is 8.79. The van der Waals surface area contributed by atoms with E-state index in [2.05, 4.69) is 10.5 Å². The number of carbonyl (C=O) groups is 1. The van der Waals surface area contributed by atoms with Crippen LogP contribution in [-0.4, -0.2) is 31.8 Å². The smallest absolute Gasteiger partial charge is 0.226 e. The molecule has 0 aliphatic carbocycles. The molecule has 1 amide bonds. The summed E-state index contributed by atoms with van der Waals surface area (Å²) in [7, 11) is 3.16. The predicted octanol–water partition coefficient (Wildman–Crippen LogP) is 3.40. The van der Waals surface area contributed by atoms with Crippen LogP contribution in [0.1, 0.15) is 11.3 Å². The fourth-order valence-corrected chi connectivity index (χ4v) is 2.79. The molecule has 6 nitrogen and oxygen atoms in total. The molecule has 1 aromatic heterocycles. The summed E-state index contributed by atoms with van der Waals surface area (Å²) in [6.07, 6.45) is 0.704. The minimum absolute atomic E-state index is 0.0594. The number of hydrogen-bond acceptors (Lipinski definition) is 5. The number of carbonyl (C=O) groups excluding carboxylic acids is 1. The number of nitrogens with zero attached hydrogens (tertiary/aromatic N) is 1. The Morgan fingerprint density at radius 3 is 2.64 bits per heavy atom. The number of methoxy groups -OCH3 is 2. The van der Waals surface area contributed by atoms with E-state index < -0.39 is 5.82 Å². The number of amides is 1. The molecule has 28 heavy (non-hydrogen) atoms. The van der Waals surface area contributed by atoms with E-state index in [0.717, 1.165) is 5.56 Å². The first kappa shape index (κ1) is 19.4. The molecule has 2 aromatic carbocycles. The van der Waals surface area contributed by atoms with Gasteiger partial charge in [0.2, 0.25) is 5.91 Å². The average molecular weight is 384 g/mol. The van der Waals surface area contributed by atoms with Crippen LogP contribution >= 0.6 is 0 Å². The van der Waals surface area contributed by atoms with Gasteiger partial charge in [0.1, 0.15) is 5.82 Å². The summed E-state index contributed by atoms with van der Waals surface area (Å²) >= 11 is 0. The standard InChI is InChI=1S/C21H21FN2O4/c1-26-18-8-7-14(11-20(18)27-2)9-10-23-21(25)13-15-12-19(28-24-15)16-5-3-4-6-17(16)22/h3-8,11-12H,9-10,13H2,1-2H3,(H,23,25). The van der Waals surface area contributed by atoms with E-state index in [4.69, 9.17) is 14.0 Å². The van der Waals surface area contributed by atoms with Gasteiger partial charge >= 0.3 is 0 Å². The zero-order valence-electron chi connectivity index (χ0n) is 15.7. The highest BCUT2D eigenvalue weighted by molar-refractivity contribution is 5.78. The lowest BCUT2D eigenvalue weighted by molar-refractivity contribution is -0.120. The Bertz CT molecular complexity index is 955. The molecule has 0 bridgehead atoms. The van der Waals surface area contributed by atoms with Crippen molar-refractivity contribution in [1.82, 2.24) is 10.5 Å². The van der Waals surface area contributed by atoms with Crippen LogP contribution in [0.2, 0.25) is 0 Å². The van der Waals surface area contributed by atoms with Crippen molar-refractivity contribution in [2.75, 3.05) is 20.8 Å². The van der Waals surface area contributed by atoms with Gasteiger partial charge in [-0.05, 0) is 36.2 Å². The van der Waals surface area contributed by atoms with Crippen molar-refractivity contribution in [1.29, 1.82) is 0 Å². The van der Waals surface area contributed by atoms with Crippen LogP contribution in [0.4, 0.5) is 4.39 Å². The van der Waals surface area contributed by atoms with Crippen LogP contribution in [0, 0.1) is 5.82 Å². The number of halogens is 1. The molecule has 3 aromatic rings. The third-order valence-corrected chi connectivity index (χ3v) is 4.22. The zero-order valence-corrected chi connectivity index (χ0v) is 15.7. The highest BCUT2D eigenvalue weighted by Gasteiger charge is 2.13. The number of rotatable bonds is 8. The summed E-state index contributed by atoms with van der Waals surface area (Å²) in [5.74, 6) is 1.02. The molecule has 7 heteroatoms. The highest BCUT2D eigenvalue weighted by atomic mass is 19.1. The van der Waals surface area contributed by atoms with Crippen molar-refractivity contribution >= 4 is 5.91 Å². The molecular formula is C21H21FN2O4. The Kier molecular flexibility index (Phi) is 6.26. The molecular weight excluding hydrogens is 363 g/mol. The van der Waals surface area contributed by atoms with Gasteiger partial charge in [-0.25, -0.2) is 4.39 Å². The Balaban J connectivity index is 1.52. The van der Waals surface area contributed by atoms with Gasteiger partial charge in [-0.3, -0.25) is 4.79 Å². The molecule has 146 valence electrons. The normalized spacial score (nSPS) is 10.5. The maximum atomic E-state index is 13.8. The molecule has 0 aliphatic heterocycles. The van der Waals surface area contributed by atoms with Crippen molar-refractivity contribution in [3.8, 4) is 22.8 Å². The summed E-state index contributed by atoms with van der Waals surface area (Å²) in [6, 6.07) is 13.5. The maximum Gasteiger partial charge on any atom is 0.226 e. The minimum Gasteiger partial charge on any atom is -0.493 e. The quantitative estimate of drug-likeness (QED) is 0.644. The lowest BCUT2D eigenvalue weighted by Crippen LogP contribution is -2.27. The van der Waals surface area contributed by atoms with Gasteiger partial charge in [-0.1, -0.05) is 23.4 Å². The summed E-state index contributed by atoms with van der Waals surface area (Å²) < 4.78 is 29.4. The molecule has 0 unspecified atom stereocenters. The Hall–Kier alpha value is -3.35. The zero-order chi connectivity index (χ0) is 19.9. The molecule has 0 fully saturated rings. The van der Waals surface area contributed by atoms with Crippen molar-refractivity contribution < 1.29 is 23.2 Å². The molecule has 3 rings (SSSR count). The van der Waals surface area contributed by atoms with Gasteiger partial charge in [-0.2, -0.15) is 0 Å². The third kappa shape index (κ3) is 4.68. The summed E-state index contributed by atoms with van der Waals surface area (Å²) in [5, 5.41) is 6.69. The molecule has 0 aliphatic rings. The van der Waals surface area contributed by atoms with Crippen molar-refractivity contribution in [3.05, 3.63) is 65.6 Å². The van der Waals surface area contributed by atoms with E-state index in [1.807, 2.05) is 18.2 Å². The third-order valence-electron chi connectivity index (χ3n) is 4.22. The van der Waals surface area contributed by atoms with E-state index >= 15 is 0 Å². The van der Waals surface area contributed by atoms with Crippen LogP contribution in [-0.2, 0) is 17.6 Å². The second-order valence-corrected chi connectivity index (χ2v) is 6.13.